The third-order valence-electron chi connectivity index (χ3n) is 0.939. The van der Waals surface area contributed by atoms with Crippen molar-refractivity contribution in [2.75, 3.05) is 20.8 Å². The van der Waals surface area contributed by atoms with E-state index in [2.05, 4.69) is 0 Å². The zero-order valence-corrected chi connectivity index (χ0v) is 5.44. The van der Waals surface area contributed by atoms with Gasteiger partial charge in [-0.2, -0.15) is 0 Å². The number of halogens is 3. The van der Waals surface area contributed by atoms with Crippen molar-refractivity contribution in [2.24, 2.45) is 0 Å². The van der Waals surface area contributed by atoms with Crippen LogP contribution >= 0.6 is 0 Å². The van der Waals surface area contributed by atoms with Gasteiger partial charge in [0.1, 0.15) is 6.67 Å². The minimum atomic E-state index is -2.01. The zero-order chi connectivity index (χ0) is 7.44. The topological polar surface area (TPSA) is 3.24 Å². The molecule has 1 nitrogen and oxygen atoms in total. The highest BCUT2D eigenvalue weighted by Gasteiger charge is 2.21. The third-order valence-corrected chi connectivity index (χ3v) is 0.939. The molecule has 0 saturated carbocycles. The van der Waals surface area contributed by atoms with Gasteiger partial charge < -0.3 is 0 Å². The van der Waals surface area contributed by atoms with E-state index in [1.54, 1.807) is 0 Å². The van der Waals surface area contributed by atoms with Crippen molar-refractivity contribution >= 4 is 0 Å². The molecule has 2 atom stereocenters. The van der Waals surface area contributed by atoms with E-state index in [4.69, 9.17) is 0 Å². The van der Waals surface area contributed by atoms with Crippen molar-refractivity contribution < 1.29 is 13.2 Å². The molecule has 56 valence electrons. The fourth-order valence-electron chi connectivity index (χ4n) is 0.397. The van der Waals surface area contributed by atoms with Gasteiger partial charge in [-0.25, -0.2) is 13.2 Å². The van der Waals surface area contributed by atoms with Gasteiger partial charge in [0.2, 0.25) is 0 Å². The Morgan fingerprint density at radius 1 is 1.33 bits per heavy atom. The van der Waals surface area contributed by atoms with Crippen molar-refractivity contribution in [2.45, 2.75) is 12.5 Å². The SMILES string of the molecule is CN(C)C(F)C(F)CF. The summed E-state index contributed by atoms with van der Waals surface area (Å²) in [6, 6.07) is 0. The molecule has 0 heterocycles. The highest BCUT2D eigenvalue weighted by atomic mass is 19.2. The number of rotatable bonds is 3. The lowest BCUT2D eigenvalue weighted by atomic mass is 10.4. The van der Waals surface area contributed by atoms with Gasteiger partial charge in [0, 0.05) is 0 Å². The first-order valence-electron chi connectivity index (χ1n) is 2.60. The molecule has 0 radical (unpaired) electrons. The van der Waals surface area contributed by atoms with Crippen LogP contribution in [0.4, 0.5) is 13.2 Å². The Balaban J connectivity index is 3.58. The standard InChI is InChI=1S/C5H10F3N/c1-9(2)5(8)4(7)3-6/h4-5H,3H2,1-2H3. The Morgan fingerprint density at radius 3 is 1.89 bits per heavy atom. The van der Waals surface area contributed by atoms with Crippen molar-refractivity contribution in [3.05, 3.63) is 0 Å². The number of alkyl halides is 3. The highest BCUT2D eigenvalue weighted by Crippen LogP contribution is 2.06. The van der Waals surface area contributed by atoms with E-state index < -0.39 is 19.1 Å². The molecule has 0 aromatic heterocycles. The van der Waals surface area contributed by atoms with Gasteiger partial charge in [-0.05, 0) is 14.1 Å². The third kappa shape index (κ3) is 2.70. The summed E-state index contributed by atoms with van der Waals surface area (Å²) < 4.78 is 35.6. The van der Waals surface area contributed by atoms with E-state index in [1.807, 2.05) is 0 Å². The second-order valence-electron chi connectivity index (χ2n) is 2.01. The number of hydrogen-bond donors (Lipinski definition) is 0. The monoisotopic (exact) mass is 141 g/mol. The Labute approximate surface area is 52.5 Å². The second-order valence-corrected chi connectivity index (χ2v) is 2.01. The maximum atomic E-state index is 12.2. The fourth-order valence-corrected chi connectivity index (χ4v) is 0.397. The van der Waals surface area contributed by atoms with Gasteiger partial charge >= 0.3 is 0 Å². The Kier molecular flexibility index (Phi) is 3.61. The predicted molar refractivity (Wildman–Crippen MR) is 29.5 cm³/mol. The maximum absolute atomic E-state index is 12.2. The smallest absolute Gasteiger partial charge is 0.187 e. The number of hydrogen-bond acceptors (Lipinski definition) is 1. The first kappa shape index (κ1) is 8.75. The maximum Gasteiger partial charge on any atom is 0.187 e. The average molecular weight is 141 g/mol. The first-order chi connectivity index (χ1) is 4.09. The molecule has 4 heteroatoms. The van der Waals surface area contributed by atoms with Crippen LogP contribution in [0, 0.1) is 0 Å². The minimum absolute atomic E-state index is 0.990. The van der Waals surface area contributed by atoms with Gasteiger partial charge in [-0.3, -0.25) is 4.90 Å². The molecule has 9 heavy (non-hydrogen) atoms. The number of nitrogens with zero attached hydrogens (tertiary/aromatic N) is 1. The Bertz CT molecular complexity index is 76.6. The van der Waals surface area contributed by atoms with E-state index in [0.29, 0.717) is 0 Å². The van der Waals surface area contributed by atoms with Crippen LogP contribution in [0.1, 0.15) is 0 Å². The summed E-state index contributed by atoms with van der Waals surface area (Å²) in [6.07, 6.45) is -3.84. The van der Waals surface area contributed by atoms with Crippen LogP contribution in [0.25, 0.3) is 0 Å². The Hall–Kier alpha value is -0.250. The molecule has 0 aromatic rings. The lowest BCUT2D eigenvalue weighted by molar-refractivity contribution is 0.0354. The van der Waals surface area contributed by atoms with Crippen LogP contribution in [0.5, 0.6) is 0 Å². The molecule has 0 aliphatic carbocycles. The van der Waals surface area contributed by atoms with Gasteiger partial charge in [0.15, 0.2) is 12.5 Å². The summed E-state index contributed by atoms with van der Waals surface area (Å²) >= 11 is 0. The molecule has 0 rings (SSSR count). The summed E-state index contributed by atoms with van der Waals surface area (Å²) in [7, 11) is 2.71. The molecular weight excluding hydrogens is 131 g/mol. The summed E-state index contributed by atoms with van der Waals surface area (Å²) in [4.78, 5) is 0.990. The molecule has 0 aromatic carbocycles. The molecule has 2 unspecified atom stereocenters. The molecule has 0 amide bonds. The first-order valence-corrected chi connectivity index (χ1v) is 2.60. The summed E-state index contributed by atoms with van der Waals surface area (Å²) in [6.45, 7) is -1.26. The van der Waals surface area contributed by atoms with Crippen LogP contribution in [0.3, 0.4) is 0 Å². The van der Waals surface area contributed by atoms with Crippen LogP contribution in [-0.2, 0) is 0 Å². The predicted octanol–water partition coefficient (Wildman–Crippen LogP) is 1.15. The Morgan fingerprint density at radius 2 is 1.78 bits per heavy atom. The molecule has 0 spiro atoms. The lowest BCUT2D eigenvalue weighted by Gasteiger charge is -2.17. The quantitative estimate of drug-likeness (QED) is 0.533. The van der Waals surface area contributed by atoms with Crippen LogP contribution in [0.15, 0.2) is 0 Å². The van der Waals surface area contributed by atoms with Crippen molar-refractivity contribution in [1.29, 1.82) is 0 Å². The summed E-state index contributed by atoms with van der Waals surface area (Å²) in [5, 5.41) is 0. The fraction of sp³-hybridized carbons (Fsp3) is 1.00. The van der Waals surface area contributed by atoms with Crippen LogP contribution in [-0.4, -0.2) is 38.1 Å². The average Bonchev–Trinajstić information content (AvgIpc) is 1.84. The second kappa shape index (κ2) is 3.71. The van der Waals surface area contributed by atoms with Gasteiger partial charge in [0.25, 0.3) is 0 Å². The lowest BCUT2D eigenvalue weighted by Crippen LogP contribution is -2.33. The molecule has 0 aliphatic heterocycles. The molecule has 0 bridgehead atoms. The highest BCUT2D eigenvalue weighted by molar-refractivity contribution is 4.63. The normalized spacial score (nSPS) is 18.0. The summed E-state index contributed by atoms with van der Waals surface area (Å²) in [5.74, 6) is 0. The molecule has 0 saturated heterocycles. The van der Waals surface area contributed by atoms with E-state index >= 15 is 0 Å². The molecule has 0 aliphatic rings. The van der Waals surface area contributed by atoms with Gasteiger partial charge in [0.05, 0.1) is 0 Å². The molecule has 0 N–H and O–H groups in total. The molecular formula is C5H10F3N. The zero-order valence-electron chi connectivity index (χ0n) is 5.44. The van der Waals surface area contributed by atoms with E-state index in [-0.39, 0.29) is 0 Å². The van der Waals surface area contributed by atoms with Crippen LogP contribution in [0.2, 0.25) is 0 Å². The summed E-state index contributed by atoms with van der Waals surface area (Å²) in [5.41, 5.74) is 0. The largest absolute Gasteiger partial charge is 0.278 e. The van der Waals surface area contributed by atoms with E-state index in [0.717, 1.165) is 4.90 Å². The minimum Gasteiger partial charge on any atom is -0.278 e. The van der Waals surface area contributed by atoms with E-state index in [9.17, 15) is 13.2 Å². The van der Waals surface area contributed by atoms with Crippen LogP contribution < -0.4 is 0 Å². The molecule has 0 fully saturated rings. The van der Waals surface area contributed by atoms with Crippen molar-refractivity contribution in [3.63, 3.8) is 0 Å². The van der Waals surface area contributed by atoms with Gasteiger partial charge in [-0.15, -0.1) is 0 Å². The van der Waals surface area contributed by atoms with Crippen molar-refractivity contribution in [3.8, 4) is 0 Å². The van der Waals surface area contributed by atoms with Crippen molar-refractivity contribution in [1.82, 2.24) is 4.90 Å². The van der Waals surface area contributed by atoms with E-state index in [1.165, 1.54) is 14.1 Å². The van der Waals surface area contributed by atoms with Gasteiger partial charge in [-0.1, -0.05) is 0 Å².